The van der Waals surface area contributed by atoms with E-state index in [1.54, 1.807) is 0 Å². The molecule has 0 radical (unpaired) electrons. The monoisotopic (exact) mass is 339 g/mol. The minimum atomic E-state index is -0.235. The van der Waals surface area contributed by atoms with Gasteiger partial charge in [0.2, 0.25) is 0 Å². The summed E-state index contributed by atoms with van der Waals surface area (Å²) in [7, 11) is 0. The van der Waals surface area contributed by atoms with Crippen molar-refractivity contribution in [2.24, 2.45) is 0 Å². The van der Waals surface area contributed by atoms with Gasteiger partial charge in [-0.25, -0.2) is 0 Å². The van der Waals surface area contributed by atoms with E-state index in [1.165, 1.54) is 5.56 Å². The van der Waals surface area contributed by atoms with Crippen LogP contribution in [0, 0.1) is 6.92 Å². The summed E-state index contributed by atoms with van der Waals surface area (Å²) in [5.41, 5.74) is 2.35. The molecule has 2 saturated heterocycles. The first-order chi connectivity index (χ1) is 12.3. The first kappa shape index (κ1) is 16.6. The highest BCUT2D eigenvalue weighted by molar-refractivity contribution is 5.26. The molecule has 0 bridgehead atoms. The summed E-state index contributed by atoms with van der Waals surface area (Å²) in [6.45, 7) is 5.71. The Bertz CT molecular complexity index is 667. The summed E-state index contributed by atoms with van der Waals surface area (Å²) in [4.78, 5) is 2.40. The average Bonchev–Trinajstić information content (AvgIpc) is 2.63. The van der Waals surface area contributed by atoms with E-state index in [4.69, 9.17) is 14.2 Å². The van der Waals surface area contributed by atoms with Crippen molar-refractivity contribution in [2.45, 2.75) is 31.8 Å². The number of ether oxygens (including phenoxy) is 3. The van der Waals surface area contributed by atoms with E-state index in [2.05, 4.69) is 36.1 Å². The predicted octanol–water partition coefficient (Wildman–Crippen LogP) is 3.56. The third kappa shape index (κ3) is 4.21. The zero-order chi connectivity index (χ0) is 17.1. The maximum absolute atomic E-state index is 6.14. The predicted molar refractivity (Wildman–Crippen MR) is 96.7 cm³/mol. The van der Waals surface area contributed by atoms with Crippen LogP contribution in [0.2, 0.25) is 0 Å². The molecule has 2 aliphatic heterocycles. The molecular formula is C21H25NO3. The van der Waals surface area contributed by atoms with Gasteiger partial charge in [-0.3, -0.25) is 4.90 Å². The highest BCUT2D eigenvalue weighted by Crippen LogP contribution is 2.27. The van der Waals surface area contributed by atoms with E-state index >= 15 is 0 Å². The molecular weight excluding hydrogens is 314 g/mol. The number of nitrogens with zero attached hydrogens (tertiary/aromatic N) is 1. The van der Waals surface area contributed by atoms with Crippen molar-refractivity contribution in [3.8, 4) is 5.75 Å². The van der Waals surface area contributed by atoms with Crippen LogP contribution in [-0.2, 0) is 9.47 Å². The SMILES string of the molecule is Cc1ccc(OC2CN(CC3CCOC(c4ccccc4)O3)C2)cc1. The smallest absolute Gasteiger partial charge is 0.184 e. The summed E-state index contributed by atoms with van der Waals surface area (Å²) in [6, 6.07) is 18.4. The van der Waals surface area contributed by atoms with Gasteiger partial charge in [-0.1, -0.05) is 48.0 Å². The Morgan fingerprint density at radius 3 is 2.56 bits per heavy atom. The van der Waals surface area contributed by atoms with Gasteiger partial charge in [0.25, 0.3) is 0 Å². The fraction of sp³-hybridized carbons (Fsp3) is 0.429. The van der Waals surface area contributed by atoms with E-state index < -0.39 is 0 Å². The molecule has 2 fully saturated rings. The second kappa shape index (κ2) is 7.56. The van der Waals surface area contributed by atoms with Crippen LogP contribution in [-0.4, -0.2) is 43.3 Å². The van der Waals surface area contributed by atoms with E-state index in [0.29, 0.717) is 0 Å². The van der Waals surface area contributed by atoms with Crippen molar-refractivity contribution < 1.29 is 14.2 Å². The van der Waals surface area contributed by atoms with Crippen LogP contribution in [0.15, 0.2) is 54.6 Å². The molecule has 4 nitrogen and oxygen atoms in total. The summed E-state index contributed by atoms with van der Waals surface area (Å²) in [5, 5.41) is 0. The molecule has 0 N–H and O–H groups in total. The van der Waals surface area contributed by atoms with Crippen molar-refractivity contribution >= 4 is 0 Å². The Morgan fingerprint density at radius 2 is 1.80 bits per heavy atom. The van der Waals surface area contributed by atoms with Gasteiger partial charge in [0.1, 0.15) is 11.9 Å². The lowest BCUT2D eigenvalue weighted by molar-refractivity contribution is -0.223. The van der Waals surface area contributed by atoms with Crippen molar-refractivity contribution in [1.82, 2.24) is 4.90 Å². The summed E-state index contributed by atoms with van der Waals surface area (Å²) in [5.74, 6) is 0.960. The fourth-order valence-electron chi connectivity index (χ4n) is 3.35. The summed E-state index contributed by atoms with van der Waals surface area (Å²) >= 11 is 0. The molecule has 132 valence electrons. The molecule has 0 aromatic heterocycles. The first-order valence-corrected chi connectivity index (χ1v) is 9.04. The van der Waals surface area contributed by atoms with Crippen molar-refractivity contribution in [3.63, 3.8) is 0 Å². The van der Waals surface area contributed by atoms with Gasteiger partial charge in [-0.05, 0) is 25.5 Å². The van der Waals surface area contributed by atoms with Gasteiger partial charge in [-0.2, -0.15) is 0 Å². The molecule has 0 spiro atoms. The lowest BCUT2D eigenvalue weighted by atomic mass is 10.1. The average molecular weight is 339 g/mol. The second-order valence-electron chi connectivity index (χ2n) is 6.93. The molecule has 25 heavy (non-hydrogen) atoms. The molecule has 4 rings (SSSR count). The lowest BCUT2D eigenvalue weighted by Crippen LogP contribution is -2.56. The molecule has 0 aliphatic carbocycles. The van der Waals surface area contributed by atoms with Gasteiger partial charge in [0.15, 0.2) is 6.29 Å². The van der Waals surface area contributed by atoms with Crippen LogP contribution in [0.4, 0.5) is 0 Å². The molecule has 0 saturated carbocycles. The van der Waals surface area contributed by atoms with Crippen molar-refractivity contribution in [2.75, 3.05) is 26.2 Å². The Balaban J connectivity index is 1.23. The van der Waals surface area contributed by atoms with E-state index in [0.717, 1.165) is 44.0 Å². The van der Waals surface area contributed by atoms with Crippen LogP contribution >= 0.6 is 0 Å². The van der Waals surface area contributed by atoms with Gasteiger partial charge >= 0.3 is 0 Å². The zero-order valence-corrected chi connectivity index (χ0v) is 14.6. The Hall–Kier alpha value is -1.88. The molecule has 2 aromatic rings. The number of aryl methyl sites for hydroxylation is 1. The Morgan fingerprint density at radius 1 is 1.04 bits per heavy atom. The fourth-order valence-corrected chi connectivity index (χ4v) is 3.35. The van der Waals surface area contributed by atoms with Crippen molar-refractivity contribution in [3.05, 3.63) is 65.7 Å². The standard InChI is InChI=1S/C21H25NO3/c1-16-7-9-18(10-8-16)24-20-14-22(15-20)13-19-11-12-23-21(25-19)17-5-3-2-4-6-17/h2-10,19-21H,11-15H2,1H3. The van der Waals surface area contributed by atoms with Crippen LogP contribution < -0.4 is 4.74 Å². The van der Waals surface area contributed by atoms with Crippen LogP contribution in [0.25, 0.3) is 0 Å². The number of hydrogen-bond acceptors (Lipinski definition) is 4. The summed E-state index contributed by atoms with van der Waals surface area (Å²) in [6.07, 6.45) is 1.22. The Kier molecular flexibility index (Phi) is 5.02. The van der Waals surface area contributed by atoms with Crippen LogP contribution in [0.1, 0.15) is 23.8 Å². The molecule has 2 heterocycles. The third-order valence-electron chi connectivity index (χ3n) is 4.81. The quantitative estimate of drug-likeness (QED) is 0.833. The van der Waals surface area contributed by atoms with E-state index in [9.17, 15) is 0 Å². The van der Waals surface area contributed by atoms with E-state index in [-0.39, 0.29) is 18.5 Å². The van der Waals surface area contributed by atoms with E-state index in [1.807, 2.05) is 30.3 Å². The minimum Gasteiger partial charge on any atom is -0.488 e. The maximum atomic E-state index is 6.14. The lowest BCUT2D eigenvalue weighted by Gasteiger charge is -2.42. The highest BCUT2D eigenvalue weighted by Gasteiger charge is 2.33. The first-order valence-electron chi connectivity index (χ1n) is 9.04. The highest BCUT2D eigenvalue weighted by atomic mass is 16.7. The maximum Gasteiger partial charge on any atom is 0.184 e. The number of benzene rings is 2. The molecule has 0 amide bonds. The zero-order valence-electron chi connectivity index (χ0n) is 14.6. The molecule has 4 heteroatoms. The van der Waals surface area contributed by atoms with Gasteiger partial charge in [0.05, 0.1) is 12.7 Å². The van der Waals surface area contributed by atoms with Crippen LogP contribution in [0.3, 0.4) is 0 Å². The van der Waals surface area contributed by atoms with Crippen molar-refractivity contribution in [1.29, 1.82) is 0 Å². The summed E-state index contributed by atoms with van der Waals surface area (Å²) < 4.78 is 17.9. The normalized spacial score (nSPS) is 24.7. The molecule has 2 aliphatic rings. The number of likely N-dealkylation sites (tertiary alicyclic amines) is 1. The number of rotatable bonds is 5. The molecule has 2 unspecified atom stereocenters. The second-order valence-corrected chi connectivity index (χ2v) is 6.93. The Labute approximate surface area is 149 Å². The molecule has 2 aromatic carbocycles. The van der Waals surface area contributed by atoms with Gasteiger partial charge < -0.3 is 14.2 Å². The largest absolute Gasteiger partial charge is 0.488 e. The topological polar surface area (TPSA) is 30.9 Å². The van der Waals surface area contributed by atoms with Gasteiger partial charge in [-0.15, -0.1) is 0 Å². The molecule has 2 atom stereocenters. The third-order valence-corrected chi connectivity index (χ3v) is 4.81. The van der Waals surface area contributed by atoms with Gasteiger partial charge in [0, 0.05) is 25.2 Å². The number of hydrogen-bond donors (Lipinski definition) is 0. The minimum absolute atomic E-state index is 0.222. The van der Waals surface area contributed by atoms with Crippen LogP contribution in [0.5, 0.6) is 5.75 Å².